The number of carbonyl (C=O) groups is 2. The average molecular weight is 198 g/mol. The lowest BCUT2D eigenvalue weighted by molar-refractivity contribution is -0.158. The molecule has 1 atom stereocenters. The summed E-state index contributed by atoms with van der Waals surface area (Å²) < 4.78 is 9.77. The van der Waals surface area contributed by atoms with Crippen LogP contribution in [-0.2, 0) is 19.1 Å². The van der Waals surface area contributed by atoms with Crippen LogP contribution in [0.25, 0.3) is 0 Å². The van der Waals surface area contributed by atoms with Crippen molar-refractivity contribution in [1.82, 2.24) is 0 Å². The zero-order chi connectivity index (χ0) is 10.8. The number of hydrogen-bond donors (Lipinski definition) is 0. The second-order valence-electron chi connectivity index (χ2n) is 4.18. The van der Waals surface area contributed by atoms with E-state index in [0.717, 1.165) is 0 Å². The molecule has 1 rings (SSSR count). The van der Waals surface area contributed by atoms with Crippen molar-refractivity contribution in [3.05, 3.63) is 12.2 Å². The van der Waals surface area contributed by atoms with E-state index in [0.29, 0.717) is 0 Å². The second-order valence-corrected chi connectivity index (χ2v) is 4.18. The summed E-state index contributed by atoms with van der Waals surface area (Å²) >= 11 is 0. The van der Waals surface area contributed by atoms with E-state index in [1.165, 1.54) is 6.08 Å². The lowest BCUT2D eigenvalue weighted by atomic mass is 9.97. The fourth-order valence-electron chi connectivity index (χ4n) is 0.878. The molecular formula is C10H14O4. The number of rotatable bonds is 2. The highest BCUT2D eigenvalue weighted by atomic mass is 16.6. The SMILES string of the molecule is CC(C)(C)C(=O)OC[C@@H]1C=CC(=O)O1. The number of esters is 2. The van der Waals surface area contributed by atoms with Gasteiger partial charge in [0.2, 0.25) is 0 Å². The van der Waals surface area contributed by atoms with E-state index in [-0.39, 0.29) is 18.5 Å². The molecule has 14 heavy (non-hydrogen) atoms. The first-order valence-corrected chi connectivity index (χ1v) is 4.45. The van der Waals surface area contributed by atoms with E-state index < -0.39 is 11.5 Å². The van der Waals surface area contributed by atoms with Crippen LogP contribution in [0.1, 0.15) is 20.8 Å². The van der Waals surface area contributed by atoms with Crippen LogP contribution >= 0.6 is 0 Å². The third-order valence-electron chi connectivity index (χ3n) is 1.71. The number of hydrogen-bond acceptors (Lipinski definition) is 4. The quantitative estimate of drug-likeness (QED) is 0.622. The van der Waals surface area contributed by atoms with Gasteiger partial charge < -0.3 is 9.47 Å². The topological polar surface area (TPSA) is 52.6 Å². The molecule has 0 aliphatic carbocycles. The summed E-state index contributed by atoms with van der Waals surface area (Å²) in [6.45, 7) is 5.40. The lowest BCUT2D eigenvalue weighted by Crippen LogP contribution is -2.27. The summed E-state index contributed by atoms with van der Waals surface area (Å²) in [4.78, 5) is 22.0. The van der Waals surface area contributed by atoms with Gasteiger partial charge in [0.25, 0.3) is 0 Å². The maximum absolute atomic E-state index is 11.3. The van der Waals surface area contributed by atoms with Crippen molar-refractivity contribution in [2.45, 2.75) is 26.9 Å². The Kier molecular flexibility index (Phi) is 2.93. The smallest absolute Gasteiger partial charge is 0.331 e. The molecule has 0 aromatic heterocycles. The first kappa shape index (κ1) is 10.8. The van der Waals surface area contributed by atoms with Crippen LogP contribution in [-0.4, -0.2) is 24.6 Å². The summed E-state index contributed by atoms with van der Waals surface area (Å²) in [6.07, 6.45) is 2.49. The van der Waals surface area contributed by atoms with Crippen LogP contribution in [0.4, 0.5) is 0 Å². The molecule has 1 aliphatic heterocycles. The molecule has 0 spiro atoms. The highest BCUT2D eigenvalue weighted by Gasteiger charge is 2.25. The maximum atomic E-state index is 11.3. The van der Waals surface area contributed by atoms with Crippen molar-refractivity contribution in [2.75, 3.05) is 6.61 Å². The summed E-state index contributed by atoms with van der Waals surface area (Å²) in [5.41, 5.74) is -0.522. The van der Waals surface area contributed by atoms with Crippen molar-refractivity contribution >= 4 is 11.9 Å². The van der Waals surface area contributed by atoms with Crippen molar-refractivity contribution in [1.29, 1.82) is 0 Å². The molecule has 0 unspecified atom stereocenters. The van der Waals surface area contributed by atoms with E-state index in [9.17, 15) is 9.59 Å². The third-order valence-corrected chi connectivity index (χ3v) is 1.71. The molecule has 0 aromatic rings. The van der Waals surface area contributed by atoms with Gasteiger partial charge in [-0.25, -0.2) is 4.79 Å². The molecule has 4 nitrogen and oxygen atoms in total. The standard InChI is InChI=1S/C10H14O4/c1-10(2,3)9(12)13-6-7-4-5-8(11)14-7/h4-5,7H,6H2,1-3H3/t7-/m0/s1. The van der Waals surface area contributed by atoms with Gasteiger partial charge in [-0.1, -0.05) is 0 Å². The molecule has 78 valence electrons. The van der Waals surface area contributed by atoms with Gasteiger partial charge >= 0.3 is 11.9 Å². The zero-order valence-electron chi connectivity index (χ0n) is 8.57. The van der Waals surface area contributed by atoms with Crippen LogP contribution in [0.5, 0.6) is 0 Å². The molecule has 0 saturated heterocycles. The van der Waals surface area contributed by atoms with Crippen LogP contribution in [0, 0.1) is 5.41 Å². The normalized spacial score (nSPS) is 20.8. The van der Waals surface area contributed by atoms with E-state index >= 15 is 0 Å². The molecule has 0 N–H and O–H groups in total. The Morgan fingerprint density at radius 3 is 2.64 bits per heavy atom. The molecule has 0 amide bonds. The predicted octanol–water partition coefficient (Wildman–Crippen LogP) is 1.06. The summed E-state index contributed by atoms with van der Waals surface area (Å²) in [6, 6.07) is 0. The molecule has 4 heteroatoms. The summed E-state index contributed by atoms with van der Waals surface area (Å²) in [7, 11) is 0. The molecule has 1 heterocycles. The predicted molar refractivity (Wildman–Crippen MR) is 49.4 cm³/mol. The Balaban J connectivity index is 2.32. The van der Waals surface area contributed by atoms with Gasteiger partial charge in [0.1, 0.15) is 6.61 Å². The summed E-state index contributed by atoms with van der Waals surface area (Å²) in [5.74, 6) is -0.685. The fourth-order valence-corrected chi connectivity index (χ4v) is 0.878. The van der Waals surface area contributed by atoms with Crippen molar-refractivity contribution in [3.63, 3.8) is 0 Å². The molecule has 0 saturated carbocycles. The van der Waals surface area contributed by atoms with Gasteiger partial charge in [0, 0.05) is 6.08 Å². The largest absolute Gasteiger partial charge is 0.461 e. The first-order chi connectivity index (χ1) is 6.39. The second kappa shape index (κ2) is 3.82. The Bertz CT molecular complexity index is 272. The molecule has 0 aromatic carbocycles. The van der Waals surface area contributed by atoms with Crippen molar-refractivity contribution in [3.8, 4) is 0 Å². The Morgan fingerprint density at radius 1 is 1.57 bits per heavy atom. The van der Waals surface area contributed by atoms with Crippen LogP contribution < -0.4 is 0 Å². The van der Waals surface area contributed by atoms with Crippen LogP contribution in [0.15, 0.2) is 12.2 Å². The zero-order valence-corrected chi connectivity index (χ0v) is 8.57. The van der Waals surface area contributed by atoms with Crippen LogP contribution in [0.3, 0.4) is 0 Å². The molecular weight excluding hydrogens is 184 g/mol. The van der Waals surface area contributed by atoms with Crippen LogP contribution in [0.2, 0.25) is 0 Å². The minimum atomic E-state index is -0.522. The van der Waals surface area contributed by atoms with E-state index in [1.807, 2.05) is 0 Å². The van der Waals surface area contributed by atoms with Gasteiger partial charge in [0.15, 0.2) is 6.10 Å². The number of ether oxygens (including phenoxy) is 2. The van der Waals surface area contributed by atoms with Crippen molar-refractivity contribution < 1.29 is 19.1 Å². The maximum Gasteiger partial charge on any atom is 0.331 e. The monoisotopic (exact) mass is 198 g/mol. The van der Waals surface area contributed by atoms with Gasteiger partial charge in [-0.05, 0) is 26.8 Å². The Morgan fingerprint density at radius 2 is 2.21 bits per heavy atom. The van der Waals surface area contributed by atoms with Gasteiger partial charge in [-0.3, -0.25) is 4.79 Å². The number of cyclic esters (lactones) is 1. The van der Waals surface area contributed by atoms with Gasteiger partial charge in [0.05, 0.1) is 5.41 Å². The highest BCUT2D eigenvalue weighted by Crippen LogP contribution is 2.16. The van der Waals surface area contributed by atoms with Gasteiger partial charge in [-0.15, -0.1) is 0 Å². The van der Waals surface area contributed by atoms with Gasteiger partial charge in [-0.2, -0.15) is 0 Å². The minimum absolute atomic E-state index is 0.0956. The van der Waals surface area contributed by atoms with E-state index in [1.54, 1.807) is 26.8 Å². The molecule has 0 fully saturated rings. The third kappa shape index (κ3) is 2.87. The minimum Gasteiger partial charge on any atom is -0.461 e. The first-order valence-electron chi connectivity index (χ1n) is 4.45. The highest BCUT2D eigenvalue weighted by molar-refractivity contribution is 5.84. The van der Waals surface area contributed by atoms with E-state index in [4.69, 9.17) is 9.47 Å². The molecule has 0 radical (unpaired) electrons. The average Bonchev–Trinajstić information content (AvgIpc) is 2.45. The Hall–Kier alpha value is -1.32. The number of carbonyl (C=O) groups excluding carboxylic acids is 2. The van der Waals surface area contributed by atoms with E-state index in [2.05, 4.69) is 0 Å². The summed E-state index contributed by atoms with van der Waals surface area (Å²) in [5, 5.41) is 0. The molecule has 1 aliphatic rings. The van der Waals surface area contributed by atoms with Crippen molar-refractivity contribution in [2.24, 2.45) is 5.41 Å². The molecule has 0 bridgehead atoms. The lowest BCUT2D eigenvalue weighted by Gasteiger charge is -2.17. The fraction of sp³-hybridized carbons (Fsp3) is 0.600. The Labute approximate surface area is 82.9 Å².